The van der Waals surface area contributed by atoms with Crippen LogP contribution in [0.25, 0.3) is 0 Å². The maximum atomic E-state index is 13.9. The Morgan fingerprint density at radius 2 is 1.88 bits per heavy atom. The summed E-state index contributed by atoms with van der Waals surface area (Å²) in [6.07, 6.45) is 0.227. The predicted molar refractivity (Wildman–Crippen MR) is 87.0 cm³/mol. The van der Waals surface area contributed by atoms with E-state index < -0.39 is 24.0 Å². The lowest BCUT2D eigenvalue weighted by molar-refractivity contribution is -0.119. The Kier molecular flexibility index (Phi) is 5.01. The van der Waals surface area contributed by atoms with Crippen LogP contribution in [0.4, 0.5) is 8.78 Å². The van der Waals surface area contributed by atoms with E-state index in [1.54, 1.807) is 23.1 Å². The van der Waals surface area contributed by atoms with Crippen LogP contribution in [0.3, 0.4) is 0 Å². The van der Waals surface area contributed by atoms with E-state index in [-0.39, 0.29) is 30.9 Å². The number of hydrogen-bond donors (Lipinski definition) is 1. The molecule has 0 radical (unpaired) electrons. The Morgan fingerprint density at radius 1 is 1.08 bits per heavy atom. The molecule has 0 saturated carbocycles. The van der Waals surface area contributed by atoms with Crippen molar-refractivity contribution in [3.05, 3.63) is 70.3 Å². The molecule has 0 amide bonds. The van der Waals surface area contributed by atoms with Crippen LogP contribution in [-0.2, 0) is 24.3 Å². The molecule has 4 nitrogen and oxygen atoms in total. The van der Waals surface area contributed by atoms with E-state index in [2.05, 4.69) is 0 Å². The van der Waals surface area contributed by atoms with Crippen molar-refractivity contribution in [2.75, 3.05) is 13.2 Å². The van der Waals surface area contributed by atoms with Crippen LogP contribution >= 0.6 is 0 Å². The van der Waals surface area contributed by atoms with Crippen LogP contribution in [0.5, 0.6) is 0 Å². The highest BCUT2D eigenvalue weighted by atomic mass is 19.1. The van der Waals surface area contributed by atoms with Gasteiger partial charge in [-0.15, -0.1) is 0 Å². The number of hydrogen-bond acceptors (Lipinski definition) is 4. The molecule has 0 spiro atoms. The molecule has 25 heavy (non-hydrogen) atoms. The molecule has 0 saturated heterocycles. The normalized spacial score (nSPS) is 14.9. The molecule has 0 bridgehead atoms. The summed E-state index contributed by atoms with van der Waals surface area (Å²) in [4.78, 5) is 25.6. The van der Waals surface area contributed by atoms with Gasteiger partial charge in [0.2, 0.25) is 0 Å². The van der Waals surface area contributed by atoms with E-state index in [1.165, 1.54) is 0 Å². The summed E-state index contributed by atoms with van der Waals surface area (Å²) in [6.45, 7) is -0.0413. The number of carbonyl (C=O) groups excluding carboxylic acids is 2. The molecule has 0 atom stereocenters. The average Bonchev–Trinajstić information content (AvgIpc) is 2.74. The standard InChI is InChI=1S/C19H17F2NO3/c20-16-3-4-18(21)15(6-16)9-22-8-14-5-13(19(25)11-23)2-1-12(14)7-17(24)10-22/h1-6,23H,7-11H2. The molecule has 0 aliphatic carbocycles. The summed E-state index contributed by atoms with van der Waals surface area (Å²) in [6, 6.07) is 8.19. The number of fused-ring (bicyclic) bond motifs is 1. The van der Waals surface area contributed by atoms with Gasteiger partial charge >= 0.3 is 0 Å². The molecule has 1 aliphatic rings. The first-order valence-corrected chi connectivity index (χ1v) is 7.90. The van der Waals surface area contributed by atoms with Crippen molar-refractivity contribution in [2.45, 2.75) is 19.5 Å². The van der Waals surface area contributed by atoms with Gasteiger partial charge in [-0.2, -0.15) is 0 Å². The largest absolute Gasteiger partial charge is 0.388 e. The number of nitrogens with zero attached hydrogens (tertiary/aromatic N) is 1. The second-order valence-corrected chi connectivity index (χ2v) is 6.16. The van der Waals surface area contributed by atoms with Gasteiger partial charge in [0.15, 0.2) is 11.6 Å². The highest BCUT2D eigenvalue weighted by Crippen LogP contribution is 2.22. The number of rotatable bonds is 4. The number of aliphatic hydroxyl groups is 1. The van der Waals surface area contributed by atoms with Gasteiger partial charge in [-0.3, -0.25) is 14.5 Å². The predicted octanol–water partition coefficient (Wildman–Crippen LogP) is 2.27. The third-order valence-corrected chi connectivity index (χ3v) is 4.26. The van der Waals surface area contributed by atoms with Crippen LogP contribution < -0.4 is 0 Å². The molecule has 2 aromatic carbocycles. The Hall–Kier alpha value is -2.44. The molecule has 3 rings (SSSR count). The van der Waals surface area contributed by atoms with E-state index in [4.69, 9.17) is 5.11 Å². The summed E-state index contributed by atoms with van der Waals surface area (Å²) < 4.78 is 27.2. The second-order valence-electron chi connectivity index (χ2n) is 6.16. The van der Waals surface area contributed by atoms with Crippen molar-refractivity contribution in [2.24, 2.45) is 0 Å². The van der Waals surface area contributed by atoms with Crippen molar-refractivity contribution >= 4 is 11.6 Å². The minimum atomic E-state index is -0.587. The zero-order valence-corrected chi connectivity index (χ0v) is 13.5. The molecule has 0 unspecified atom stereocenters. The number of benzene rings is 2. The van der Waals surface area contributed by atoms with Crippen molar-refractivity contribution in [1.82, 2.24) is 4.90 Å². The van der Waals surface area contributed by atoms with Gasteiger partial charge in [0, 0.05) is 30.6 Å². The highest BCUT2D eigenvalue weighted by molar-refractivity contribution is 5.97. The molecule has 2 aromatic rings. The first kappa shape index (κ1) is 17.4. The van der Waals surface area contributed by atoms with E-state index in [1.807, 2.05) is 0 Å². The summed E-state index contributed by atoms with van der Waals surface area (Å²) in [5, 5.41) is 9.00. The van der Waals surface area contributed by atoms with Crippen molar-refractivity contribution < 1.29 is 23.5 Å². The summed E-state index contributed by atoms with van der Waals surface area (Å²) in [5.74, 6) is -1.49. The lowest BCUT2D eigenvalue weighted by Crippen LogP contribution is -2.28. The molecular weight excluding hydrogens is 328 g/mol. The number of carbonyl (C=O) groups is 2. The SMILES string of the molecule is O=C1Cc2ccc(C(=O)CO)cc2CN(Cc2cc(F)ccc2F)C1. The maximum Gasteiger partial charge on any atom is 0.188 e. The Morgan fingerprint density at radius 3 is 2.64 bits per heavy atom. The Balaban J connectivity index is 1.89. The van der Waals surface area contributed by atoms with Crippen LogP contribution in [0, 0.1) is 11.6 Å². The Labute approximate surface area is 143 Å². The minimum absolute atomic E-state index is 0.0307. The lowest BCUT2D eigenvalue weighted by atomic mass is 9.99. The van der Waals surface area contributed by atoms with Gasteiger partial charge in [-0.25, -0.2) is 8.78 Å². The van der Waals surface area contributed by atoms with Crippen molar-refractivity contribution in [1.29, 1.82) is 0 Å². The number of halogens is 2. The monoisotopic (exact) mass is 345 g/mol. The van der Waals surface area contributed by atoms with Crippen LogP contribution in [0.15, 0.2) is 36.4 Å². The van der Waals surface area contributed by atoms with E-state index in [0.29, 0.717) is 12.1 Å². The van der Waals surface area contributed by atoms with Gasteiger partial charge in [0.05, 0.1) is 6.54 Å². The quantitative estimate of drug-likeness (QED) is 0.864. The molecule has 1 heterocycles. The van der Waals surface area contributed by atoms with E-state index in [9.17, 15) is 18.4 Å². The van der Waals surface area contributed by atoms with E-state index in [0.717, 1.165) is 29.3 Å². The first-order chi connectivity index (χ1) is 12.0. The second kappa shape index (κ2) is 7.21. The Bertz CT molecular complexity index is 835. The van der Waals surface area contributed by atoms with Gasteiger partial charge in [0.1, 0.15) is 18.2 Å². The summed E-state index contributed by atoms with van der Waals surface area (Å²) in [5.41, 5.74) is 2.13. The zero-order valence-electron chi connectivity index (χ0n) is 13.5. The van der Waals surface area contributed by atoms with Crippen LogP contribution in [0.2, 0.25) is 0 Å². The molecule has 0 fully saturated rings. The van der Waals surface area contributed by atoms with Gasteiger partial charge < -0.3 is 5.11 Å². The number of Topliss-reactive ketones (excluding diaryl/α,β-unsaturated/α-hetero) is 2. The van der Waals surface area contributed by atoms with Gasteiger partial charge in [0.25, 0.3) is 0 Å². The van der Waals surface area contributed by atoms with Crippen LogP contribution in [0.1, 0.15) is 27.0 Å². The van der Waals surface area contributed by atoms with E-state index >= 15 is 0 Å². The fraction of sp³-hybridized carbons (Fsp3) is 0.263. The molecule has 1 aliphatic heterocycles. The smallest absolute Gasteiger partial charge is 0.188 e. The zero-order chi connectivity index (χ0) is 18.0. The maximum absolute atomic E-state index is 13.9. The fourth-order valence-corrected chi connectivity index (χ4v) is 3.04. The highest BCUT2D eigenvalue weighted by Gasteiger charge is 2.22. The first-order valence-electron chi connectivity index (χ1n) is 7.90. The lowest BCUT2D eigenvalue weighted by Gasteiger charge is -2.20. The topological polar surface area (TPSA) is 57.6 Å². The number of ketones is 2. The minimum Gasteiger partial charge on any atom is -0.388 e. The molecule has 0 aromatic heterocycles. The average molecular weight is 345 g/mol. The number of aliphatic hydroxyl groups excluding tert-OH is 1. The van der Waals surface area contributed by atoms with Gasteiger partial charge in [-0.1, -0.05) is 12.1 Å². The fourth-order valence-electron chi connectivity index (χ4n) is 3.04. The third kappa shape index (κ3) is 3.97. The molecule has 130 valence electrons. The van der Waals surface area contributed by atoms with Crippen molar-refractivity contribution in [3.8, 4) is 0 Å². The summed E-state index contributed by atoms with van der Waals surface area (Å²) in [7, 11) is 0. The molecule has 1 N–H and O–H groups in total. The summed E-state index contributed by atoms with van der Waals surface area (Å²) >= 11 is 0. The van der Waals surface area contributed by atoms with Crippen molar-refractivity contribution in [3.63, 3.8) is 0 Å². The third-order valence-electron chi connectivity index (χ3n) is 4.26. The molecule has 6 heteroatoms. The van der Waals surface area contributed by atoms with Crippen LogP contribution in [-0.4, -0.2) is 34.7 Å². The van der Waals surface area contributed by atoms with Gasteiger partial charge in [-0.05, 0) is 35.4 Å². The molecular formula is C19H17F2NO3.